The fourth-order valence-corrected chi connectivity index (χ4v) is 2.01. The number of ether oxygens (including phenoxy) is 1. The number of carbonyl (C=O) groups excluding carboxylic acids is 1. The first kappa shape index (κ1) is 10.7. The van der Waals surface area contributed by atoms with E-state index in [1.54, 1.807) is 0 Å². The Morgan fingerprint density at radius 1 is 1.27 bits per heavy atom. The smallest absolute Gasteiger partial charge is 0.317 e. The van der Waals surface area contributed by atoms with E-state index in [-0.39, 0.29) is 18.3 Å². The van der Waals surface area contributed by atoms with Gasteiger partial charge in [-0.3, -0.25) is 0 Å². The van der Waals surface area contributed by atoms with E-state index in [9.17, 15) is 4.79 Å². The molecule has 2 aliphatic heterocycles. The van der Waals surface area contributed by atoms with Gasteiger partial charge in [-0.05, 0) is 32.2 Å². The second-order valence-electron chi connectivity index (χ2n) is 4.16. The molecule has 0 aromatic rings. The van der Waals surface area contributed by atoms with Gasteiger partial charge in [0.05, 0.1) is 0 Å². The number of hydrogen-bond donors (Lipinski definition) is 3. The summed E-state index contributed by atoms with van der Waals surface area (Å²) >= 11 is 0. The molecule has 0 radical (unpaired) electrons. The van der Waals surface area contributed by atoms with Gasteiger partial charge in [0.1, 0.15) is 6.23 Å². The Kier molecular flexibility index (Phi) is 3.80. The van der Waals surface area contributed by atoms with Crippen LogP contribution in [-0.4, -0.2) is 38.0 Å². The molecule has 2 rings (SSSR count). The third-order valence-electron chi connectivity index (χ3n) is 2.87. The number of carbonyl (C=O) groups is 1. The molecule has 15 heavy (non-hydrogen) atoms. The predicted octanol–water partition coefficient (Wildman–Crippen LogP) is 0.174. The van der Waals surface area contributed by atoms with E-state index >= 15 is 0 Å². The number of nitrogens with one attached hydrogen (secondary N) is 3. The highest BCUT2D eigenvalue weighted by Crippen LogP contribution is 2.09. The summed E-state index contributed by atoms with van der Waals surface area (Å²) in [7, 11) is 0. The van der Waals surface area contributed by atoms with Gasteiger partial charge >= 0.3 is 6.03 Å². The summed E-state index contributed by atoms with van der Waals surface area (Å²) in [6.07, 6.45) is 4.09. The van der Waals surface area contributed by atoms with Crippen molar-refractivity contribution in [1.82, 2.24) is 16.0 Å². The molecule has 2 heterocycles. The molecule has 3 N–H and O–H groups in total. The lowest BCUT2D eigenvalue weighted by molar-refractivity contribution is 0.00219. The lowest BCUT2D eigenvalue weighted by Crippen LogP contribution is -2.48. The topological polar surface area (TPSA) is 62.4 Å². The van der Waals surface area contributed by atoms with Gasteiger partial charge in [-0.1, -0.05) is 0 Å². The van der Waals surface area contributed by atoms with Crippen LogP contribution in [0.3, 0.4) is 0 Å². The lowest BCUT2D eigenvalue weighted by atomic mass is 10.2. The van der Waals surface area contributed by atoms with Gasteiger partial charge in [0.15, 0.2) is 0 Å². The van der Waals surface area contributed by atoms with Gasteiger partial charge in [0.2, 0.25) is 0 Å². The first-order chi connectivity index (χ1) is 7.34. The highest BCUT2D eigenvalue weighted by Gasteiger charge is 2.20. The van der Waals surface area contributed by atoms with Crippen LogP contribution in [0.4, 0.5) is 4.79 Å². The van der Waals surface area contributed by atoms with Gasteiger partial charge in [0, 0.05) is 19.2 Å². The minimum absolute atomic E-state index is 0.0897. The molecule has 0 aliphatic carbocycles. The molecule has 2 amide bonds. The van der Waals surface area contributed by atoms with Crippen molar-refractivity contribution >= 4 is 6.03 Å². The average Bonchev–Trinajstić information content (AvgIpc) is 2.71. The van der Waals surface area contributed by atoms with Crippen molar-refractivity contribution in [3.8, 4) is 0 Å². The van der Waals surface area contributed by atoms with Crippen LogP contribution in [-0.2, 0) is 4.74 Å². The minimum Gasteiger partial charge on any atom is -0.358 e. The van der Waals surface area contributed by atoms with Crippen LogP contribution < -0.4 is 16.0 Å². The summed E-state index contributed by atoms with van der Waals surface area (Å²) in [5.74, 6) is 0. The van der Waals surface area contributed by atoms with E-state index in [0.29, 0.717) is 0 Å². The van der Waals surface area contributed by atoms with Gasteiger partial charge in [0.25, 0.3) is 0 Å². The van der Waals surface area contributed by atoms with E-state index in [0.717, 1.165) is 45.4 Å². The maximum Gasteiger partial charge on any atom is 0.317 e. The number of amides is 2. The van der Waals surface area contributed by atoms with Crippen molar-refractivity contribution in [3.05, 3.63) is 0 Å². The van der Waals surface area contributed by atoms with Crippen LogP contribution in [0, 0.1) is 0 Å². The molecule has 0 spiro atoms. The number of urea groups is 1. The summed E-state index contributed by atoms with van der Waals surface area (Å²) in [6, 6.07) is 0.171. The van der Waals surface area contributed by atoms with Gasteiger partial charge in [-0.2, -0.15) is 0 Å². The molecule has 0 aromatic carbocycles. The Morgan fingerprint density at radius 3 is 2.87 bits per heavy atom. The van der Waals surface area contributed by atoms with Crippen LogP contribution in [0.2, 0.25) is 0 Å². The van der Waals surface area contributed by atoms with Gasteiger partial charge in [-0.25, -0.2) is 4.79 Å². The lowest BCUT2D eigenvalue weighted by Gasteiger charge is -2.24. The van der Waals surface area contributed by atoms with E-state index < -0.39 is 0 Å². The molecule has 0 bridgehead atoms. The molecule has 2 saturated heterocycles. The maximum atomic E-state index is 11.5. The van der Waals surface area contributed by atoms with Crippen LogP contribution >= 0.6 is 0 Å². The normalized spacial score (nSPS) is 31.2. The van der Waals surface area contributed by atoms with Crippen molar-refractivity contribution in [3.63, 3.8) is 0 Å². The van der Waals surface area contributed by atoms with Crippen molar-refractivity contribution in [2.45, 2.75) is 38.0 Å². The molecule has 86 valence electrons. The zero-order valence-electron chi connectivity index (χ0n) is 8.92. The summed E-state index contributed by atoms with van der Waals surface area (Å²) < 4.78 is 5.43. The molecular formula is C10H19N3O2. The summed E-state index contributed by atoms with van der Waals surface area (Å²) in [5.41, 5.74) is 0. The van der Waals surface area contributed by atoms with E-state index in [1.807, 2.05) is 0 Å². The van der Waals surface area contributed by atoms with E-state index in [2.05, 4.69) is 16.0 Å². The molecule has 0 aromatic heterocycles. The highest BCUT2D eigenvalue weighted by atomic mass is 16.5. The first-order valence-corrected chi connectivity index (χ1v) is 5.74. The minimum atomic E-state index is -0.101. The first-order valence-electron chi connectivity index (χ1n) is 5.74. The zero-order chi connectivity index (χ0) is 10.5. The summed E-state index contributed by atoms with van der Waals surface area (Å²) in [6.45, 7) is 2.62. The molecule has 5 heteroatoms. The quantitative estimate of drug-likeness (QED) is 0.613. The van der Waals surface area contributed by atoms with Crippen molar-refractivity contribution in [2.24, 2.45) is 0 Å². The third kappa shape index (κ3) is 3.35. The van der Waals surface area contributed by atoms with E-state index in [4.69, 9.17) is 4.74 Å². The third-order valence-corrected chi connectivity index (χ3v) is 2.87. The largest absolute Gasteiger partial charge is 0.358 e. The molecule has 2 fully saturated rings. The molecule has 2 unspecified atom stereocenters. The summed E-state index contributed by atoms with van der Waals surface area (Å²) in [4.78, 5) is 11.5. The number of hydrogen-bond acceptors (Lipinski definition) is 3. The zero-order valence-corrected chi connectivity index (χ0v) is 8.92. The van der Waals surface area contributed by atoms with Crippen LogP contribution in [0.5, 0.6) is 0 Å². The molecule has 2 aliphatic rings. The van der Waals surface area contributed by atoms with Crippen LogP contribution in [0.25, 0.3) is 0 Å². The standard InChI is InChI=1S/C10H19N3O2/c14-10(12-8-4-5-11-7-8)13-9-3-1-2-6-15-9/h8-9,11H,1-7H2,(H2,12,13,14). The fourth-order valence-electron chi connectivity index (χ4n) is 2.01. The Morgan fingerprint density at radius 2 is 2.20 bits per heavy atom. The highest BCUT2D eigenvalue weighted by molar-refractivity contribution is 5.74. The molecule has 0 saturated carbocycles. The van der Waals surface area contributed by atoms with Crippen molar-refractivity contribution < 1.29 is 9.53 Å². The van der Waals surface area contributed by atoms with E-state index in [1.165, 1.54) is 0 Å². The van der Waals surface area contributed by atoms with Gasteiger partial charge < -0.3 is 20.7 Å². The fraction of sp³-hybridized carbons (Fsp3) is 0.900. The molecular weight excluding hydrogens is 194 g/mol. The van der Waals surface area contributed by atoms with Crippen LogP contribution in [0.15, 0.2) is 0 Å². The van der Waals surface area contributed by atoms with Gasteiger partial charge in [-0.15, -0.1) is 0 Å². The Bertz CT molecular complexity index is 211. The average molecular weight is 213 g/mol. The van der Waals surface area contributed by atoms with Crippen LogP contribution in [0.1, 0.15) is 25.7 Å². The Labute approximate surface area is 89.9 Å². The van der Waals surface area contributed by atoms with Crippen molar-refractivity contribution in [1.29, 1.82) is 0 Å². The summed E-state index contributed by atoms with van der Waals surface area (Å²) in [5, 5.41) is 8.99. The van der Waals surface area contributed by atoms with Crippen molar-refractivity contribution in [2.75, 3.05) is 19.7 Å². The second kappa shape index (κ2) is 5.32. The Balaban J connectivity index is 1.66. The molecule has 5 nitrogen and oxygen atoms in total. The number of rotatable bonds is 2. The Hall–Kier alpha value is -0.810. The predicted molar refractivity (Wildman–Crippen MR) is 56.5 cm³/mol. The second-order valence-corrected chi connectivity index (χ2v) is 4.16. The molecule has 2 atom stereocenters. The SMILES string of the molecule is O=C(NC1CCNC1)NC1CCCCO1. The maximum absolute atomic E-state index is 11.5. The monoisotopic (exact) mass is 213 g/mol.